The zero-order chi connectivity index (χ0) is 9.68. The van der Waals surface area contributed by atoms with Crippen LogP contribution in [-0.4, -0.2) is 20.2 Å². The lowest BCUT2D eigenvalue weighted by Crippen LogP contribution is -1.99. The monoisotopic (exact) mass is 244 g/mol. The SMILES string of the molecule is COCOc1ccc(Br)c(C=O)c1. The molecular formula is C9H9BrO3. The van der Waals surface area contributed by atoms with Gasteiger partial charge in [0.2, 0.25) is 0 Å². The molecule has 0 aliphatic heterocycles. The fraction of sp³-hybridized carbons (Fsp3) is 0.222. The van der Waals surface area contributed by atoms with Gasteiger partial charge in [-0.1, -0.05) is 15.9 Å². The van der Waals surface area contributed by atoms with Gasteiger partial charge in [0.15, 0.2) is 13.1 Å². The minimum absolute atomic E-state index is 0.180. The van der Waals surface area contributed by atoms with Crippen molar-refractivity contribution in [2.24, 2.45) is 0 Å². The third-order valence-corrected chi connectivity index (χ3v) is 2.16. The van der Waals surface area contributed by atoms with Crippen LogP contribution < -0.4 is 4.74 Å². The first-order valence-electron chi connectivity index (χ1n) is 3.64. The fourth-order valence-electron chi connectivity index (χ4n) is 0.829. The van der Waals surface area contributed by atoms with E-state index in [1.54, 1.807) is 25.3 Å². The maximum Gasteiger partial charge on any atom is 0.188 e. The van der Waals surface area contributed by atoms with Crippen molar-refractivity contribution in [3.05, 3.63) is 28.2 Å². The summed E-state index contributed by atoms with van der Waals surface area (Å²) in [4.78, 5) is 10.5. The van der Waals surface area contributed by atoms with Gasteiger partial charge in [-0.15, -0.1) is 0 Å². The summed E-state index contributed by atoms with van der Waals surface area (Å²) in [6.07, 6.45) is 0.768. The number of hydrogen-bond acceptors (Lipinski definition) is 3. The Labute approximate surface area is 84.8 Å². The first kappa shape index (κ1) is 10.2. The van der Waals surface area contributed by atoms with Gasteiger partial charge in [0.1, 0.15) is 5.75 Å². The molecule has 0 radical (unpaired) electrons. The molecule has 1 rings (SSSR count). The zero-order valence-corrected chi connectivity index (χ0v) is 8.71. The van der Waals surface area contributed by atoms with Crippen molar-refractivity contribution in [3.8, 4) is 5.75 Å². The van der Waals surface area contributed by atoms with Crippen molar-refractivity contribution in [2.75, 3.05) is 13.9 Å². The van der Waals surface area contributed by atoms with E-state index < -0.39 is 0 Å². The molecule has 0 amide bonds. The minimum Gasteiger partial charge on any atom is -0.468 e. The molecule has 0 aliphatic carbocycles. The molecule has 0 N–H and O–H groups in total. The maximum absolute atomic E-state index is 10.5. The van der Waals surface area contributed by atoms with E-state index in [1.807, 2.05) is 0 Å². The highest BCUT2D eigenvalue weighted by atomic mass is 79.9. The summed E-state index contributed by atoms with van der Waals surface area (Å²) in [5.41, 5.74) is 0.564. The molecule has 3 nitrogen and oxygen atoms in total. The number of aldehydes is 1. The van der Waals surface area contributed by atoms with Crippen LogP contribution >= 0.6 is 15.9 Å². The van der Waals surface area contributed by atoms with Crippen molar-refractivity contribution in [2.45, 2.75) is 0 Å². The molecule has 0 spiro atoms. The summed E-state index contributed by atoms with van der Waals surface area (Å²) >= 11 is 3.24. The van der Waals surface area contributed by atoms with Crippen molar-refractivity contribution in [3.63, 3.8) is 0 Å². The van der Waals surface area contributed by atoms with Crippen molar-refractivity contribution in [1.82, 2.24) is 0 Å². The highest BCUT2D eigenvalue weighted by molar-refractivity contribution is 9.10. The van der Waals surface area contributed by atoms with Crippen LogP contribution in [0.2, 0.25) is 0 Å². The Bertz CT molecular complexity index is 299. The summed E-state index contributed by atoms with van der Waals surface area (Å²) in [6.45, 7) is 0.180. The number of hydrogen-bond donors (Lipinski definition) is 0. The molecule has 0 aliphatic rings. The number of carbonyl (C=O) groups is 1. The third-order valence-electron chi connectivity index (χ3n) is 1.44. The van der Waals surface area contributed by atoms with Gasteiger partial charge >= 0.3 is 0 Å². The molecule has 0 saturated carbocycles. The number of ether oxygens (including phenoxy) is 2. The standard InChI is InChI=1S/C9H9BrO3/c1-12-6-13-8-2-3-9(10)7(4-8)5-11/h2-5H,6H2,1H3. The van der Waals surface area contributed by atoms with Crippen LogP contribution in [-0.2, 0) is 4.74 Å². The fourth-order valence-corrected chi connectivity index (χ4v) is 1.17. The van der Waals surface area contributed by atoms with Gasteiger partial charge in [0.05, 0.1) is 0 Å². The first-order valence-corrected chi connectivity index (χ1v) is 4.43. The molecule has 0 bridgehead atoms. The zero-order valence-electron chi connectivity index (χ0n) is 7.12. The van der Waals surface area contributed by atoms with E-state index in [-0.39, 0.29) is 6.79 Å². The summed E-state index contributed by atoms with van der Waals surface area (Å²) in [5.74, 6) is 0.618. The smallest absolute Gasteiger partial charge is 0.188 e. The molecule has 0 saturated heterocycles. The third kappa shape index (κ3) is 2.82. The largest absolute Gasteiger partial charge is 0.468 e. The van der Waals surface area contributed by atoms with Crippen LogP contribution in [0.4, 0.5) is 0 Å². The Morgan fingerprint density at radius 2 is 2.31 bits per heavy atom. The van der Waals surface area contributed by atoms with Crippen LogP contribution in [0.5, 0.6) is 5.75 Å². The van der Waals surface area contributed by atoms with Crippen molar-refractivity contribution >= 4 is 22.2 Å². The molecule has 0 atom stereocenters. The van der Waals surface area contributed by atoms with Gasteiger partial charge < -0.3 is 9.47 Å². The first-order chi connectivity index (χ1) is 6.27. The van der Waals surface area contributed by atoms with Gasteiger partial charge in [-0.3, -0.25) is 4.79 Å². The molecule has 13 heavy (non-hydrogen) atoms. The Kier molecular flexibility index (Phi) is 3.92. The number of benzene rings is 1. The predicted molar refractivity (Wildman–Crippen MR) is 52.0 cm³/mol. The lowest BCUT2D eigenvalue weighted by Gasteiger charge is -2.05. The van der Waals surface area contributed by atoms with Crippen LogP contribution in [0.15, 0.2) is 22.7 Å². The number of methoxy groups -OCH3 is 1. The molecular weight excluding hydrogens is 236 g/mol. The predicted octanol–water partition coefficient (Wildman–Crippen LogP) is 2.24. The van der Waals surface area contributed by atoms with Gasteiger partial charge in [-0.05, 0) is 18.2 Å². The highest BCUT2D eigenvalue weighted by Crippen LogP contribution is 2.20. The average molecular weight is 245 g/mol. The Balaban J connectivity index is 2.80. The maximum atomic E-state index is 10.5. The van der Waals surface area contributed by atoms with Crippen LogP contribution in [0, 0.1) is 0 Å². The Hall–Kier alpha value is -0.870. The van der Waals surface area contributed by atoms with Crippen molar-refractivity contribution in [1.29, 1.82) is 0 Å². The van der Waals surface area contributed by atoms with Crippen LogP contribution in [0.1, 0.15) is 10.4 Å². The molecule has 0 unspecified atom stereocenters. The topological polar surface area (TPSA) is 35.5 Å². The van der Waals surface area contributed by atoms with E-state index in [2.05, 4.69) is 15.9 Å². The molecule has 0 fully saturated rings. The Morgan fingerprint density at radius 3 is 2.92 bits per heavy atom. The number of halogens is 1. The second-order valence-corrected chi connectivity index (χ2v) is 3.21. The van der Waals surface area contributed by atoms with Crippen LogP contribution in [0.25, 0.3) is 0 Å². The quantitative estimate of drug-likeness (QED) is 0.602. The second-order valence-electron chi connectivity index (χ2n) is 2.35. The molecule has 1 aromatic rings. The molecule has 4 heteroatoms. The average Bonchev–Trinajstić information content (AvgIpc) is 2.16. The van der Waals surface area contributed by atoms with Gasteiger partial charge in [0.25, 0.3) is 0 Å². The normalized spacial score (nSPS) is 9.69. The van der Waals surface area contributed by atoms with E-state index in [0.717, 1.165) is 10.8 Å². The molecule has 1 aromatic carbocycles. The van der Waals surface area contributed by atoms with E-state index in [1.165, 1.54) is 0 Å². The van der Waals surface area contributed by atoms with Gasteiger partial charge in [-0.2, -0.15) is 0 Å². The second kappa shape index (κ2) is 4.99. The molecule has 0 aromatic heterocycles. The summed E-state index contributed by atoms with van der Waals surface area (Å²) in [7, 11) is 1.54. The molecule has 70 valence electrons. The van der Waals surface area contributed by atoms with Crippen molar-refractivity contribution < 1.29 is 14.3 Å². The number of rotatable bonds is 4. The van der Waals surface area contributed by atoms with E-state index in [0.29, 0.717) is 11.3 Å². The summed E-state index contributed by atoms with van der Waals surface area (Å²) < 4.78 is 10.6. The summed E-state index contributed by atoms with van der Waals surface area (Å²) in [5, 5.41) is 0. The lowest BCUT2D eigenvalue weighted by molar-refractivity contribution is 0.0510. The highest BCUT2D eigenvalue weighted by Gasteiger charge is 2.00. The van der Waals surface area contributed by atoms with Gasteiger partial charge in [0, 0.05) is 17.1 Å². The van der Waals surface area contributed by atoms with E-state index >= 15 is 0 Å². The lowest BCUT2D eigenvalue weighted by atomic mass is 10.2. The van der Waals surface area contributed by atoms with Gasteiger partial charge in [-0.25, -0.2) is 0 Å². The van der Waals surface area contributed by atoms with Crippen LogP contribution in [0.3, 0.4) is 0 Å². The molecule has 0 heterocycles. The Morgan fingerprint density at radius 1 is 1.54 bits per heavy atom. The minimum atomic E-state index is 0.180. The van der Waals surface area contributed by atoms with E-state index in [4.69, 9.17) is 9.47 Å². The van der Waals surface area contributed by atoms with E-state index in [9.17, 15) is 4.79 Å². The number of carbonyl (C=O) groups excluding carboxylic acids is 1. The summed E-state index contributed by atoms with van der Waals surface area (Å²) in [6, 6.07) is 5.17.